The number of hydrogen-bond acceptors (Lipinski definition) is 5. The number of carbonyl (C=O) groups excluding carboxylic acids is 1. The van der Waals surface area contributed by atoms with Crippen LogP contribution in [0.25, 0.3) is 5.69 Å². The van der Waals surface area contributed by atoms with Crippen molar-refractivity contribution in [1.82, 2.24) is 9.78 Å². The molecule has 32 heavy (non-hydrogen) atoms. The SMILES string of the molecule is COCCOc1cc(C)ccc1NC(=O)c1nn(-c2cccc(C(F)(F)F)c2)cc1OC. The van der Waals surface area contributed by atoms with Crippen LogP contribution in [0.3, 0.4) is 0 Å². The summed E-state index contributed by atoms with van der Waals surface area (Å²) < 4.78 is 56.2. The predicted molar refractivity (Wildman–Crippen MR) is 112 cm³/mol. The molecular formula is C22H22F3N3O4. The summed E-state index contributed by atoms with van der Waals surface area (Å²) in [4.78, 5) is 12.9. The second-order valence-corrected chi connectivity index (χ2v) is 6.83. The van der Waals surface area contributed by atoms with E-state index < -0.39 is 17.6 Å². The van der Waals surface area contributed by atoms with Gasteiger partial charge in [0.15, 0.2) is 11.4 Å². The molecule has 0 radical (unpaired) electrons. The highest BCUT2D eigenvalue weighted by molar-refractivity contribution is 6.05. The van der Waals surface area contributed by atoms with Crippen LogP contribution in [0.5, 0.6) is 11.5 Å². The maximum Gasteiger partial charge on any atom is 0.416 e. The molecule has 3 rings (SSSR count). The molecule has 0 aliphatic rings. The normalized spacial score (nSPS) is 11.3. The standard InChI is InChI=1S/C22H22F3N3O4/c1-14-7-8-17(18(11-14)32-10-9-30-2)26-21(29)20-19(31-3)13-28(27-20)16-6-4-5-15(12-16)22(23,24)25/h4-8,11-13H,9-10H2,1-3H3,(H,26,29). The largest absolute Gasteiger partial charge is 0.493 e. The van der Waals surface area contributed by atoms with Gasteiger partial charge in [0.2, 0.25) is 0 Å². The summed E-state index contributed by atoms with van der Waals surface area (Å²) in [6, 6.07) is 9.87. The predicted octanol–water partition coefficient (Wildman–Crippen LogP) is 4.49. The number of carbonyl (C=O) groups is 1. The topological polar surface area (TPSA) is 74.6 Å². The van der Waals surface area contributed by atoms with E-state index in [9.17, 15) is 18.0 Å². The van der Waals surface area contributed by atoms with Crippen molar-refractivity contribution in [2.45, 2.75) is 13.1 Å². The van der Waals surface area contributed by atoms with Crippen molar-refractivity contribution >= 4 is 11.6 Å². The fourth-order valence-electron chi connectivity index (χ4n) is 2.89. The molecule has 0 unspecified atom stereocenters. The van der Waals surface area contributed by atoms with E-state index in [-0.39, 0.29) is 23.7 Å². The highest BCUT2D eigenvalue weighted by atomic mass is 19.4. The monoisotopic (exact) mass is 449 g/mol. The van der Waals surface area contributed by atoms with Crippen LogP contribution < -0.4 is 14.8 Å². The summed E-state index contributed by atoms with van der Waals surface area (Å²) in [5, 5.41) is 6.86. The van der Waals surface area contributed by atoms with E-state index in [2.05, 4.69) is 10.4 Å². The maximum atomic E-state index is 13.0. The summed E-state index contributed by atoms with van der Waals surface area (Å²) in [5.74, 6) is -0.0476. The van der Waals surface area contributed by atoms with Gasteiger partial charge in [-0.05, 0) is 42.8 Å². The van der Waals surface area contributed by atoms with Gasteiger partial charge in [-0.15, -0.1) is 0 Å². The number of nitrogens with one attached hydrogen (secondary N) is 1. The van der Waals surface area contributed by atoms with Crippen molar-refractivity contribution in [3.63, 3.8) is 0 Å². The smallest absolute Gasteiger partial charge is 0.416 e. The van der Waals surface area contributed by atoms with Crippen LogP contribution in [0.2, 0.25) is 0 Å². The first-order chi connectivity index (χ1) is 15.2. The number of aromatic nitrogens is 2. The summed E-state index contributed by atoms with van der Waals surface area (Å²) >= 11 is 0. The minimum Gasteiger partial charge on any atom is -0.493 e. The zero-order valence-electron chi connectivity index (χ0n) is 17.7. The summed E-state index contributed by atoms with van der Waals surface area (Å²) in [5.41, 5.74) is 0.562. The third-order valence-electron chi connectivity index (χ3n) is 4.48. The first-order valence-electron chi connectivity index (χ1n) is 9.58. The van der Waals surface area contributed by atoms with E-state index >= 15 is 0 Å². The zero-order valence-corrected chi connectivity index (χ0v) is 17.7. The van der Waals surface area contributed by atoms with E-state index in [0.717, 1.165) is 22.4 Å². The molecule has 2 aromatic carbocycles. The second kappa shape index (κ2) is 9.73. The first-order valence-corrected chi connectivity index (χ1v) is 9.58. The Labute approximate surface area is 182 Å². The van der Waals surface area contributed by atoms with Gasteiger partial charge >= 0.3 is 6.18 Å². The van der Waals surface area contributed by atoms with Crippen LogP contribution in [-0.4, -0.2) is 43.1 Å². The number of anilines is 1. The fourth-order valence-corrected chi connectivity index (χ4v) is 2.89. The Morgan fingerprint density at radius 2 is 1.88 bits per heavy atom. The Kier molecular flexibility index (Phi) is 7.04. The third kappa shape index (κ3) is 5.38. The molecular weight excluding hydrogens is 427 g/mol. The molecule has 0 aliphatic carbocycles. The average Bonchev–Trinajstić information content (AvgIpc) is 3.20. The highest BCUT2D eigenvalue weighted by Crippen LogP contribution is 2.31. The number of rotatable bonds is 8. The molecule has 3 aromatic rings. The molecule has 7 nitrogen and oxygen atoms in total. The van der Waals surface area contributed by atoms with Crippen molar-refractivity contribution in [2.75, 3.05) is 32.8 Å². The van der Waals surface area contributed by atoms with Gasteiger partial charge in [-0.25, -0.2) is 4.68 Å². The molecule has 1 amide bonds. The number of halogens is 3. The van der Waals surface area contributed by atoms with Crippen LogP contribution in [0.15, 0.2) is 48.7 Å². The van der Waals surface area contributed by atoms with Crippen molar-refractivity contribution in [3.05, 3.63) is 65.5 Å². The lowest BCUT2D eigenvalue weighted by molar-refractivity contribution is -0.137. The van der Waals surface area contributed by atoms with Crippen LogP contribution in [0.4, 0.5) is 18.9 Å². The first kappa shape index (κ1) is 23.1. The third-order valence-corrected chi connectivity index (χ3v) is 4.48. The minimum atomic E-state index is -4.50. The van der Waals surface area contributed by atoms with Gasteiger partial charge in [0.1, 0.15) is 12.4 Å². The molecule has 170 valence electrons. The number of ether oxygens (including phenoxy) is 3. The Hall–Kier alpha value is -3.53. The van der Waals surface area contributed by atoms with E-state index in [0.29, 0.717) is 18.0 Å². The van der Waals surface area contributed by atoms with Gasteiger partial charge in [-0.1, -0.05) is 12.1 Å². The molecule has 0 saturated carbocycles. The van der Waals surface area contributed by atoms with Gasteiger partial charge in [0.25, 0.3) is 5.91 Å². The van der Waals surface area contributed by atoms with Crippen LogP contribution in [-0.2, 0) is 10.9 Å². The quantitative estimate of drug-likeness (QED) is 0.513. The summed E-state index contributed by atoms with van der Waals surface area (Å²) in [6.45, 7) is 2.54. The molecule has 0 atom stereocenters. The van der Waals surface area contributed by atoms with E-state index in [1.54, 1.807) is 25.3 Å². The Morgan fingerprint density at radius 1 is 1.09 bits per heavy atom. The van der Waals surface area contributed by atoms with Gasteiger partial charge in [0, 0.05) is 7.11 Å². The highest BCUT2D eigenvalue weighted by Gasteiger charge is 2.31. The average molecular weight is 449 g/mol. The van der Waals surface area contributed by atoms with Crippen molar-refractivity contribution < 1.29 is 32.2 Å². The summed E-state index contributed by atoms with van der Waals surface area (Å²) in [7, 11) is 2.89. The lowest BCUT2D eigenvalue weighted by atomic mass is 10.2. The fraction of sp³-hybridized carbons (Fsp3) is 0.273. The lowest BCUT2D eigenvalue weighted by Gasteiger charge is -2.13. The van der Waals surface area contributed by atoms with Crippen LogP contribution in [0, 0.1) is 6.92 Å². The molecule has 0 saturated heterocycles. The molecule has 10 heteroatoms. The van der Waals surface area contributed by atoms with Gasteiger partial charge in [0.05, 0.1) is 36.9 Å². The van der Waals surface area contributed by atoms with Gasteiger partial charge in [-0.3, -0.25) is 4.79 Å². The Bertz CT molecular complexity index is 1100. The number of alkyl halides is 3. The van der Waals surface area contributed by atoms with E-state index in [4.69, 9.17) is 14.2 Å². The molecule has 1 aromatic heterocycles. The second-order valence-electron chi connectivity index (χ2n) is 6.83. The van der Waals surface area contributed by atoms with Crippen LogP contribution >= 0.6 is 0 Å². The molecule has 0 fully saturated rings. The Balaban J connectivity index is 1.88. The number of nitrogens with zero attached hydrogens (tertiary/aromatic N) is 2. The lowest BCUT2D eigenvalue weighted by Crippen LogP contribution is -2.16. The van der Waals surface area contributed by atoms with Crippen LogP contribution in [0.1, 0.15) is 21.6 Å². The maximum absolute atomic E-state index is 13.0. The van der Waals surface area contributed by atoms with Crippen molar-refractivity contribution in [3.8, 4) is 17.2 Å². The molecule has 0 spiro atoms. The molecule has 0 aliphatic heterocycles. The van der Waals surface area contributed by atoms with E-state index in [1.807, 2.05) is 6.92 Å². The number of benzene rings is 2. The molecule has 1 heterocycles. The van der Waals surface area contributed by atoms with E-state index in [1.165, 1.54) is 25.4 Å². The van der Waals surface area contributed by atoms with Crippen molar-refractivity contribution in [2.24, 2.45) is 0 Å². The molecule has 0 bridgehead atoms. The van der Waals surface area contributed by atoms with Crippen molar-refractivity contribution in [1.29, 1.82) is 0 Å². The van der Waals surface area contributed by atoms with Gasteiger partial charge in [-0.2, -0.15) is 18.3 Å². The number of aryl methyl sites for hydroxylation is 1. The number of hydrogen-bond donors (Lipinski definition) is 1. The number of methoxy groups -OCH3 is 2. The number of amides is 1. The summed E-state index contributed by atoms with van der Waals surface area (Å²) in [6.07, 6.45) is -3.16. The minimum absolute atomic E-state index is 0.0895. The Morgan fingerprint density at radius 3 is 2.56 bits per heavy atom. The zero-order chi connectivity index (χ0) is 23.3. The van der Waals surface area contributed by atoms with Gasteiger partial charge < -0.3 is 19.5 Å². The molecule has 1 N–H and O–H groups in total.